The fourth-order valence-electron chi connectivity index (χ4n) is 2.58. The van der Waals surface area contributed by atoms with Crippen molar-refractivity contribution in [1.29, 1.82) is 0 Å². The van der Waals surface area contributed by atoms with E-state index in [9.17, 15) is 14.7 Å². The summed E-state index contributed by atoms with van der Waals surface area (Å²) < 4.78 is 0. The van der Waals surface area contributed by atoms with E-state index in [0.29, 0.717) is 6.54 Å². The molecule has 2 N–H and O–H groups in total. The van der Waals surface area contributed by atoms with E-state index >= 15 is 0 Å². The molecule has 20 heavy (non-hydrogen) atoms. The van der Waals surface area contributed by atoms with Gasteiger partial charge in [0.15, 0.2) is 0 Å². The number of β-lactam (4-membered cyclic amide) rings is 1. The van der Waals surface area contributed by atoms with E-state index in [2.05, 4.69) is 5.32 Å². The van der Waals surface area contributed by atoms with Gasteiger partial charge in [-0.2, -0.15) is 0 Å². The minimum Gasteiger partial charge on any atom is -0.378 e. The molecule has 5 nitrogen and oxygen atoms in total. The van der Waals surface area contributed by atoms with Gasteiger partial charge in [-0.25, -0.2) is 0 Å². The molecular weight excluding hydrogens is 276 g/mol. The largest absolute Gasteiger partial charge is 0.378 e. The summed E-state index contributed by atoms with van der Waals surface area (Å²) in [7, 11) is 0. The maximum Gasteiger partial charge on any atom is 0.249 e. The van der Waals surface area contributed by atoms with Crippen LogP contribution in [0.25, 0.3) is 0 Å². The van der Waals surface area contributed by atoms with Gasteiger partial charge in [0.05, 0.1) is 13.0 Å². The summed E-state index contributed by atoms with van der Waals surface area (Å²) >= 11 is 1.32. The Labute approximate surface area is 121 Å². The van der Waals surface area contributed by atoms with Gasteiger partial charge in [0.25, 0.3) is 0 Å². The molecule has 106 valence electrons. The van der Waals surface area contributed by atoms with E-state index in [4.69, 9.17) is 0 Å². The third-order valence-electron chi connectivity index (χ3n) is 3.50. The summed E-state index contributed by atoms with van der Waals surface area (Å²) in [5.74, 6) is -0.275. The molecule has 3 atom stereocenters. The Morgan fingerprint density at radius 3 is 2.90 bits per heavy atom. The Morgan fingerprint density at radius 1 is 1.50 bits per heavy atom. The zero-order valence-electron chi connectivity index (χ0n) is 11.1. The molecule has 6 heteroatoms. The van der Waals surface area contributed by atoms with Gasteiger partial charge in [0.1, 0.15) is 16.3 Å². The number of rotatable bonds is 3. The summed E-state index contributed by atoms with van der Waals surface area (Å²) in [6.07, 6.45) is 0.262. The molecule has 2 aliphatic rings. The van der Waals surface area contributed by atoms with Crippen molar-refractivity contribution in [3.05, 3.63) is 35.9 Å². The number of carbonyl (C=O) groups is 2. The van der Waals surface area contributed by atoms with E-state index in [1.54, 1.807) is 11.8 Å². The van der Waals surface area contributed by atoms with Gasteiger partial charge in [0.2, 0.25) is 11.8 Å². The number of nitrogens with zero attached hydrogens (tertiary/aromatic N) is 1. The minimum absolute atomic E-state index is 0.110. The molecule has 2 heterocycles. The molecule has 1 aromatic carbocycles. The summed E-state index contributed by atoms with van der Waals surface area (Å²) in [6.45, 7) is 2.01. The highest BCUT2D eigenvalue weighted by Gasteiger charge is 2.57. The Kier molecular flexibility index (Phi) is 3.22. The summed E-state index contributed by atoms with van der Waals surface area (Å²) in [5, 5.41) is 12.6. The van der Waals surface area contributed by atoms with Gasteiger partial charge in [-0.05, 0) is 12.5 Å². The average molecular weight is 292 g/mol. The lowest BCUT2D eigenvalue weighted by atomic mass is 10.1. The zero-order chi connectivity index (χ0) is 14.3. The molecule has 0 bridgehead atoms. The third-order valence-corrected chi connectivity index (χ3v) is 4.91. The average Bonchev–Trinajstić information content (AvgIpc) is 2.70. The number of amides is 2. The van der Waals surface area contributed by atoms with E-state index in [1.165, 1.54) is 11.8 Å². The number of hydrogen-bond donors (Lipinski definition) is 2. The number of thioether (sulfide) groups is 1. The van der Waals surface area contributed by atoms with Gasteiger partial charge in [-0.1, -0.05) is 42.1 Å². The third kappa shape index (κ3) is 2.41. The monoisotopic (exact) mass is 292 g/mol. The Bertz CT molecular complexity index is 547. The molecule has 3 rings (SSSR count). The Balaban J connectivity index is 1.59. The fourth-order valence-corrected chi connectivity index (χ4v) is 3.94. The number of carbonyl (C=O) groups excluding carboxylic acids is 2. The van der Waals surface area contributed by atoms with Crippen LogP contribution in [0.4, 0.5) is 0 Å². The Morgan fingerprint density at radius 2 is 2.20 bits per heavy atom. The van der Waals surface area contributed by atoms with Crippen LogP contribution in [0.2, 0.25) is 0 Å². The van der Waals surface area contributed by atoms with Crippen LogP contribution in [-0.2, 0) is 16.0 Å². The van der Waals surface area contributed by atoms with Crippen LogP contribution < -0.4 is 5.32 Å². The normalized spacial score (nSPS) is 31.7. The Hall–Kier alpha value is -1.53. The van der Waals surface area contributed by atoms with Crippen molar-refractivity contribution in [2.24, 2.45) is 0 Å². The maximum atomic E-state index is 12.0. The maximum absolute atomic E-state index is 12.0. The molecule has 0 saturated carbocycles. The molecule has 2 saturated heterocycles. The second-order valence-corrected chi connectivity index (χ2v) is 6.96. The minimum atomic E-state index is -0.917. The van der Waals surface area contributed by atoms with Crippen LogP contribution in [0.15, 0.2) is 30.3 Å². The highest BCUT2D eigenvalue weighted by atomic mass is 32.2. The van der Waals surface area contributed by atoms with Crippen molar-refractivity contribution >= 4 is 23.6 Å². The van der Waals surface area contributed by atoms with Gasteiger partial charge >= 0.3 is 0 Å². The SMILES string of the molecule is CC1(O)CN2C(=O)[C@H](NC(=O)Cc3ccccc3)C2S1. The van der Waals surface area contributed by atoms with Crippen LogP contribution in [0.1, 0.15) is 12.5 Å². The molecule has 2 unspecified atom stereocenters. The topological polar surface area (TPSA) is 69.6 Å². The predicted molar refractivity (Wildman–Crippen MR) is 75.8 cm³/mol. The van der Waals surface area contributed by atoms with Crippen molar-refractivity contribution in [1.82, 2.24) is 10.2 Å². The smallest absolute Gasteiger partial charge is 0.249 e. The van der Waals surface area contributed by atoms with E-state index in [1.807, 2.05) is 30.3 Å². The fraction of sp³-hybridized carbons (Fsp3) is 0.429. The number of benzene rings is 1. The van der Waals surface area contributed by atoms with Crippen molar-refractivity contribution in [3.63, 3.8) is 0 Å². The van der Waals surface area contributed by atoms with E-state index in [-0.39, 0.29) is 23.6 Å². The molecule has 1 aromatic rings. The van der Waals surface area contributed by atoms with Gasteiger partial charge < -0.3 is 15.3 Å². The van der Waals surface area contributed by atoms with Crippen LogP contribution in [0, 0.1) is 0 Å². The predicted octanol–water partition coefficient (Wildman–Crippen LogP) is 0.338. The van der Waals surface area contributed by atoms with Crippen molar-refractivity contribution in [2.45, 2.75) is 29.7 Å². The quantitative estimate of drug-likeness (QED) is 0.788. The lowest BCUT2D eigenvalue weighted by Crippen LogP contribution is -2.67. The second-order valence-electron chi connectivity index (χ2n) is 5.36. The second kappa shape index (κ2) is 4.79. The first-order valence-electron chi connectivity index (χ1n) is 6.50. The molecule has 0 radical (unpaired) electrons. The molecule has 0 aromatic heterocycles. The van der Waals surface area contributed by atoms with Gasteiger partial charge in [-0.15, -0.1) is 0 Å². The number of aliphatic hydroxyl groups is 1. The lowest BCUT2D eigenvalue weighted by molar-refractivity contribution is -0.148. The van der Waals surface area contributed by atoms with Crippen LogP contribution in [0.5, 0.6) is 0 Å². The lowest BCUT2D eigenvalue weighted by Gasteiger charge is -2.41. The summed E-state index contributed by atoms with van der Waals surface area (Å²) in [6, 6.07) is 8.90. The van der Waals surface area contributed by atoms with Crippen molar-refractivity contribution < 1.29 is 14.7 Å². The molecule has 2 amide bonds. The first-order valence-corrected chi connectivity index (χ1v) is 7.38. The summed E-state index contributed by atoms with van der Waals surface area (Å²) in [4.78, 5) is 24.6. The van der Waals surface area contributed by atoms with Crippen LogP contribution in [0.3, 0.4) is 0 Å². The van der Waals surface area contributed by atoms with Crippen molar-refractivity contribution in [3.8, 4) is 0 Å². The molecular formula is C14H16N2O3S. The number of fused-ring (bicyclic) bond motifs is 1. The first-order chi connectivity index (χ1) is 9.46. The van der Waals surface area contributed by atoms with Crippen LogP contribution >= 0.6 is 11.8 Å². The highest BCUT2D eigenvalue weighted by molar-refractivity contribution is 8.01. The molecule has 2 fully saturated rings. The molecule has 0 spiro atoms. The standard InChI is InChI=1S/C14H16N2O3S/c1-14(19)8-16-12(18)11(13(16)20-14)15-10(17)7-9-5-3-2-4-6-9/h2-6,11,13,19H,7-8H2,1H3,(H,15,17)/t11-,13?,14?/m0/s1. The highest BCUT2D eigenvalue weighted by Crippen LogP contribution is 2.44. The molecule has 2 aliphatic heterocycles. The summed E-state index contributed by atoms with van der Waals surface area (Å²) in [5.41, 5.74) is 0.916. The molecule has 0 aliphatic carbocycles. The van der Waals surface area contributed by atoms with Crippen molar-refractivity contribution in [2.75, 3.05) is 6.54 Å². The zero-order valence-corrected chi connectivity index (χ0v) is 11.9. The van der Waals surface area contributed by atoms with Crippen LogP contribution in [-0.4, -0.2) is 44.7 Å². The van der Waals surface area contributed by atoms with E-state index < -0.39 is 11.0 Å². The first kappa shape index (κ1) is 13.5. The number of hydrogen-bond acceptors (Lipinski definition) is 4. The number of nitrogens with one attached hydrogen (secondary N) is 1. The van der Waals surface area contributed by atoms with E-state index in [0.717, 1.165) is 5.56 Å². The van der Waals surface area contributed by atoms with Gasteiger partial charge in [0, 0.05) is 0 Å². The van der Waals surface area contributed by atoms with Gasteiger partial charge in [-0.3, -0.25) is 9.59 Å².